The fourth-order valence-corrected chi connectivity index (χ4v) is 2.08. The second kappa shape index (κ2) is 5.68. The summed E-state index contributed by atoms with van der Waals surface area (Å²) in [5, 5.41) is 12.6. The first-order chi connectivity index (χ1) is 8.69. The molecule has 1 aromatic carbocycles. The van der Waals surface area contributed by atoms with E-state index in [9.17, 15) is 4.79 Å². The Balaban J connectivity index is 1.95. The summed E-state index contributed by atoms with van der Waals surface area (Å²) in [5.41, 5.74) is 0.284. The van der Waals surface area contributed by atoms with E-state index in [-0.39, 0.29) is 5.56 Å². The van der Waals surface area contributed by atoms with Gasteiger partial charge in [-0.05, 0) is 24.3 Å². The average Bonchev–Trinajstić information content (AvgIpc) is 2.85. The van der Waals surface area contributed by atoms with Crippen LogP contribution in [0.2, 0.25) is 0 Å². The van der Waals surface area contributed by atoms with Gasteiger partial charge in [0.2, 0.25) is 5.89 Å². The second-order valence-corrected chi connectivity index (χ2v) is 4.62. The van der Waals surface area contributed by atoms with Crippen molar-refractivity contribution in [2.75, 3.05) is 0 Å². The summed E-state index contributed by atoms with van der Waals surface area (Å²) in [4.78, 5) is 15.9. The van der Waals surface area contributed by atoms with Gasteiger partial charge in [0, 0.05) is 11.3 Å². The normalized spacial score (nSPS) is 10.5. The molecule has 1 N–H and O–H groups in total. The first-order valence-electron chi connectivity index (χ1n) is 5.46. The topological polar surface area (TPSA) is 76.2 Å². The van der Waals surface area contributed by atoms with Crippen LogP contribution >= 0.6 is 11.8 Å². The number of rotatable bonds is 5. The molecule has 0 fully saturated rings. The molecule has 0 amide bonds. The fraction of sp³-hybridized carbons (Fsp3) is 0.250. The van der Waals surface area contributed by atoms with Crippen molar-refractivity contribution in [3.05, 3.63) is 41.5 Å². The van der Waals surface area contributed by atoms with Gasteiger partial charge in [0.05, 0.1) is 11.3 Å². The molecule has 2 rings (SSSR count). The van der Waals surface area contributed by atoms with Gasteiger partial charge in [-0.25, -0.2) is 4.79 Å². The maximum Gasteiger partial charge on any atom is 0.335 e. The van der Waals surface area contributed by atoms with E-state index < -0.39 is 5.97 Å². The molecule has 0 aliphatic heterocycles. The Kier molecular flexibility index (Phi) is 3.99. The van der Waals surface area contributed by atoms with Crippen molar-refractivity contribution in [1.29, 1.82) is 0 Å². The molecule has 0 bridgehead atoms. The van der Waals surface area contributed by atoms with Gasteiger partial charge >= 0.3 is 5.97 Å². The molecule has 0 radical (unpaired) electrons. The number of thioether (sulfide) groups is 1. The van der Waals surface area contributed by atoms with Gasteiger partial charge in [-0.2, -0.15) is 4.98 Å². The number of nitrogens with zero attached hydrogens (tertiary/aromatic N) is 2. The Bertz CT molecular complexity index is 537. The molecule has 0 unspecified atom stereocenters. The van der Waals surface area contributed by atoms with Crippen LogP contribution < -0.4 is 0 Å². The molecule has 6 heteroatoms. The van der Waals surface area contributed by atoms with E-state index in [2.05, 4.69) is 10.1 Å². The minimum atomic E-state index is -0.919. The lowest BCUT2D eigenvalue weighted by atomic mass is 10.2. The molecule has 94 valence electrons. The van der Waals surface area contributed by atoms with Gasteiger partial charge in [0.25, 0.3) is 0 Å². The Hall–Kier alpha value is -1.82. The number of carbonyl (C=O) groups is 1. The lowest BCUT2D eigenvalue weighted by Crippen LogP contribution is -1.94. The molecule has 18 heavy (non-hydrogen) atoms. The van der Waals surface area contributed by atoms with E-state index in [0.29, 0.717) is 17.5 Å². The van der Waals surface area contributed by atoms with Gasteiger partial charge in [-0.3, -0.25) is 0 Å². The van der Waals surface area contributed by atoms with Crippen LogP contribution in [0.4, 0.5) is 0 Å². The third kappa shape index (κ3) is 3.10. The van der Waals surface area contributed by atoms with E-state index in [4.69, 9.17) is 9.63 Å². The third-order valence-corrected chi connectivity index (χ3v) is 3.29. The Morgan fingerprint density at radius 2 is 2.11 bits per heavy atom. The van der Waals surface area contributed by atoms with Crippen LogP contribution in [-0.4, -0.2) is 21.2 Å². The smallest absolute Gasteiger partial charge is 0.335 e. The number of hydrogen-bond donors (Lipinski definition) is 1. The molecule has 5 nitrogen and oxygen atoms in total. The highest BCUT2D eigenvalue weighted by atomic mass is 32.2. The number of aryl methyl sites for hydroxylation is 1. The van der Waals surface area contributed by atoms with Crippen molar-refractivity contribution < 1.29 is 14.4 Å². The summed E-state index contributed by atoms with van der Waals surface area (Å²) in [6.07, 6.45) is 0.727. The predicted molar refractivity (Wildman–Crippen MR) is 66.6 cm³/mol. The van der Waals surface area contributed by atoms with Gasteiger partial charge in [0.15, 0.2) is 5.82 Å². The number of benzene rings is 1. The van der Waals surface area contributed by atoms with Crippen molar-refractivity contribution in [2.45, 2.75) is 24.0 Å². The molecule has 0 saturated heterocycles. The Morgan fingerprint density at radius 3 is 2.67 bits per heavy atom. The van der Waals surface area contributed by atoms with Crippen molar-refractivity contribution in [1.82, 2.24) is 10.1 Å². The van der Waals surface area contributed by atoms with Crippen LogP contribution in [0.15, 0.2) is 33.7 Å². The Labute approximate surface area is 108 Å². The first kappa shape index (κ1) is 12.6. The number of hydrogen-bond acceptors (Lipinski definition) is 5. The van der Waals surface area contributed by atoms with Crippen LogP contribution in [0, 0.1) is 0 Å². The molecule has 0 aliphatic rings. The summed E-state index contributed by atoms with van der Waals surface area (Å²) in [5.74, 6) is 0.971. The monoisotopic (exact) mass is 264 g/mol. The highest BCUT2D eigenvalue weighted by Crippen LogP contribution is 2.21. The standard InChI is InChI=1S/C12H12N2O3S/c1-2-11-13-10(14-17-11)7-18-9-5-3-8(4-6-9)12(15)16/h3-6H,2,7H2,1H3,(H,15,16). The molecular formula is C12H12N2O3S. The zero-order valence-electron chi connectivity index (χ0n) is 9.79. The zero-order chi connectivity index (χ0) is 13.0. The quantitative estimate of drug-likeness (QED) is 0.836. The van der Waals surface area contributed by atoms with Crippen LogP contribution in [-0.2, 0) is 12.2 Å². The molecule has 0 atom stereocenters. The SMILES string of the molecule is CCc1nc(CSc2ccc(C(=O)O)cc2)no1. The van der Waals surface area contributed by atoms with E-state index in [0.717, 1.165) is 11.3 Å². The second-order valence-electron chi connectivity index (χ2n) is 3.58. The molecule has 1 aromatic heterocycles. The zero-order valence-corrected chi connectivity index (χ0v) is 10.6. The summed E-state index contributed by atoms with van der Waals surface area (Å²) in [6, 6.07) is 6.71. The third-order valence-electron chi connectivity index (χ3n) is 2.28. The molecule has 0 saturated carbocycles. The lowest BCUT2D eigenvalue weighted by Gasteiger charge is -1.99. The van der Waals surface area contributed by atoms with Gasteiger partial charge in [-0.1, -0.05) is 12.1 Å². The molecule has 0 aliphatic carbocycles. The molecular weight excluding hydrogens is 252 g/mol. The molecule has 0 spiro atoms. The van der Waals surface area contributed by atoms with Crippen LogP contribution in [0.5, 0.6) is 0 Å². The molecule has 1 heterocycles. The van der Waals surface area contributed by atoms with Crippen molar-refractivity contribution in [3.8, 4) is 0 Å². The summed E-state index contributed by atoms with van der Waals surface area (Å²) in [6.45, 7) is 1.95. The van der Waals surface area contributed by atoms with E-state index in [1.165, 1.54) is 11.8 Å². The summed E-state index contributed by atoms with van der Waals surface area (Å²) >= 11 is 1.54. The highest BCUT2D eigenvalue weighted by Gasteiger charge is 2.06. The number of aromatic nitrogens is 2. The Morgan fingerprint density at radius 1 is 1.39 bits per heavy atom. The highest BCUT2D eigenvalue weighted by molar-refractivity contribution is 7.98. The van der Waals surface area contributed by atoms with Gasteiger partial charge < -0.3 is 9.63 Å². The number of aromatic carboxylic acids is 1. The maximum absolute atomic E-state index is 10.7. The summed E-state index contributed by atoms with van der Waals surface area (Å²) < 4.78 is 5.00. The van der Waals surface area contributed by atoms with Crippen molar-refractivity contribution >= 4 is 17.7 Å². The van der Waals surface area contributed by atoms with E-state index in [1.807, 2.05) is 6.92 Å². The first-order valence-corrected chi connectivity index (χ1v) is 6.45. The maximum atomic E-state index is 10.7. The summed E-state index contributed by atoms with van der Waals surface area (Å²) in [7, 11) is 0. The van der Waals surface area contributed by atoms with Crippen LogP contribution in [0.25, 0.3) is 0 Å². The number of carboxylic acids is 1. The lowest BCUT2D eigenvalue weighted by molar-refractivity contribution is 0.0697. The fourth-order valence-electron chi connectivity index (χ4n) is 1.33. The van der Waals surface area contributed by atoms with Crippen molar-refractivity contribution in [3.63, 3.8) is 0 Å². The van der Waals surface area contributed by atoms with E-state index in [1.54, 1.807) is 24.3 Å². The van der Waals surface area contributed by atoms with Crippen LogP contribution in [0.1, 0.15) is 29.0 Å². The largest absolute Gasteiger partial charge is 0.478 e. The number of carboxylic acid groups (broad SMARTS) is 1. The van der Waals surface area contributed by atoms with Crippen LogP contribution in [0.3, 0.4) is 0 Å². The minimum Gasteiger partial charge on any atom is -0.478 e. The van der Waals surface area contributed by atoms with Gasteiger partial charge in [0.1, 0.15) is 0 Å². The minimum absolute atomic E-state index is 0.284. The van der Waals surface area contributed by atoms with Gasteiger partial charge in [-0.15, -0.1) is 11.8 Å². The average molecular weight is 264 g/mol. The molecule has 2 aromatic rings. The predicted octanol–water partition coefficient (Wildman–Crippen LogP) is 2.62. The van der Waals surface area contributed by atoms with Crippen molar-refractivity contribution in [2.24, 2.45) is 0 Å². The van der Waals surface area contributed by atoms with E-state index >= 15 is 0 Å².